The summed E-state index contributed by atoms with van der Waals surface area (Å²) in [5, 5.41) is 9.47. The molecule has 36 heavy (non-hydrogen) atoms. The van der Waals surface area contributed by atoms with E-state index in [1.165, 1.54) is 54.6 Å². The van der Waals surface area contributed by atoms with Gasteiger partial charge in [-0.25, -0.2) is 0 Å². The van der Waals surface area contributed by atoms with Crippen LogP contribution in [0.4, 0.5) is 13.2 Å². The molecule has 0 spiro atoms. The molecule has 0 aliphatic rings. The Bertz CT molecular complexity index is 1470. The molecule has 0 radical (unpaired) electrons. The molecule has 4 aromatic rings. The largest absolute Gasteiger partial charge is 0.508 e. The van der Waals surface area contributed by atoms with Gasteiger partial charge in [-0.1, -0.05) is 60.7 Å². The molecule has 0 saturated carbocycles. The van der Waals surface area contributed by atoms with E-state index < -0.39 is 21.9 Å². The summed E-state index contributed by atoms with van der Waals surface area (Å²) in [4.78, 5) is 0. The van der Waals surface area contributed by atoms with Gasteiger partial charge in [-0.05, 0) is 58.1 Å². The molecule has 9 heteroatoms. The van der Waals surface area contributed by atoms with Crippen LogP contribution in [0, 0.1) is 0 Å². The monoisotopic (exact) mass is 514 g/mol. The van der Waals surface area contributed by atoms with Crippen molar-refractivity contribution in [1.29, 1.82) is 0 Å². The van der Waals surface area contributed by atoms with Crippen LogP contribution >= 0.6 is 0 Å². The zero-order valence-electron chi connectivity index (χ0n) is 19.0. The summed E-state index contributed by atoms with van der Waals surface area (Å²) in [7, 11) is -3.99. The number of halogens is 3. The van der Waals surface area contributed by atoms with Gasteiger partial charge in [0.15, 0.2) is 11.5 Å². The first-order valence-corrected chi connectivity index (χ1v) is 12.5. The highest BCUT2D eigenvalue weighted by atomic mass is 32.2. The minimum Gasteiger partial charge on any atom is -0.508 e. The summed E-state index contributed by atoms with van der Waals surface area (Å²) < 4.78 is 76.7. The summed E-state index contributed by atoms with van der Waals surface area (Å²) >= 11 is 0. The molecule has 0 aromatic heterocycles. The average molecular weight is 515 g/mol. The lowest BCUT2D eigenvalue weighted by Gasteiger charge is -2.17. The van der Waals surface area contributed by atoms with E-state index in [1.54, 1.807) is 0 Å². The molecular formula is C27H21F3O5S. The topological polar surface area (TPSA) is 72.8 Å². The normalized spacial score (nSPS) is 11.8. The number of hydrogen-bond donors (Lipinski definition) is 1. The van der Waals surface area contributed by atoms with Crippen LogP contribution in [0.5, 0.6) is 17.2 Å². The molecule has 0 atom stereocenters. The lowest BCUT2D eigenvalue weighted by molar-refractivity contribution is -0.137. The molecule has 4 aromatic carbocycles. The number of aromatic hydroxyl groups is 1. The van der Waals surface area contributed by atoms with Crippen molar-refractivity contribution >= 4 is 10.1 Å². The lowest BCUT2D eigenvalue weighted by atomic mass is 9.94. The third kappa shape index (κ3) is 6.17. The molecule has 0 aliphatic carbocycles. The van der Waals surface area contributed by atoms with Gasteiger partial charge in [0.05, 0.1) is 11.8 Å². The van der Waals surface area contributed by atoms with Crippen molar-refractivity contribution < 1.29 is 35.6 Å². The van der Waals surface area contributed by atoms with Crippen LogP contribution in [0.2, 0.25) is 0 Å². The number of hydrogen-bond acceptors (Lipinski definition) is 5. The van der Waals surface area contributed by atoms with Crippen LogP contribution in [0.1, 0.15) is 11.1 Å². The van der Waals surface area contributed by atoms with Crippen LogP contribution in [-0.4, -0.2) is 19.8 Å². The fourth-order valence-electron chi connectivity index (χ4n) is 3.62. The van der Waals surface area contributed by atoms with E-state index in [0.29, 0.717) is 11.1 Å². The average Bonchev–Trinajstić information content (AvgIpc) is 2.82. The first-order valence-electron chi connectivity index (χ1n) is 10.7. The predicted octanol–water partition coefficient (Wildman–Crippen LogP) is 6.66. The fraction of sp³-hybridized carbons (Fsp3) is 0.111. The van der Waals surface area contributed by atoms with Crippen molar-refractivity contribution in [2.24, 2.45) is 0 Å². The summed E-state index contributed by atoms with van der Waals surface area (Å²) in [6.45, 7) is 0.107. The Morgan fingerprint density at radius 1 is 0.778 bits per heavy atom. The molecule has 0 amide bonds. The molecular weight excluding hydrogens is 493 g/mol. The SMILES string of the molecule is CS(=O)(=O)Oc1cc(-c2ccc(-c3ccc(O)cc3)cc2C(F)(F)F)ccc1OCc1ccccc1. The van der Waals surface area contributed by atoms with Gasteiger partial charge in [-0.2, -0.15) is 21.6 Å². The Hall–Kier alpha value is -3.98. The molecule has 1 N–H and O–H groups in total. The second kappa shape index (κ2) is 9.94. The van der Waals surface area contributed by atoms with Crippen molar-refractivity contribution in [2.45, 2.75) is 12.8 Å². The second-order valence-corrected chi connectivity index (χ2v) is 9.60. The third-order valence-corrected chi connectivity index (χ3v) is 5.74. The van der Waals surface area contributed by atoms with E-state index in [2.05, 4.69) is 0 Å². The minimum absolute atomic E-state index is 0.000561. The first-order chi connectivity index (χ1) is 17.0. The van der Waals surface area contributed by atoms with Crippen molar-refractivity contribution in [2.75, 3.05) is 6.26 Å². The molecule has 0 saturated heterocycles. The van der Waals surface area contributed by atoms with Crippen LogP contribution in [0.3, 0.4) is 0 Å². The van der Waals surface area contributed by atoms with Gasteiger partial charge in [-0.3, -0.25) is 0 Å². The van der Waals surface area contributed by atoms with Crippen molar-refractivity contribution in [3.8, 4) is 39.5 Å². The standard InChI is InChI=1S/C27H21F3O5S/c1-36(32,33)35-26-16-21(10-14-25(26)34-17-18-5-3-2-4-6-18)23-13-9-20(15-24(23)27(28,29)30)19-7-11-22(31)12-8-19/h2-16,31H,17H2,1H3. The Morgan fingerprint density at radius 3 is 2.06 bits per heavy atom. The highest BCUT2D eigenvalue weighted by Gasteiger charge is 2.34. The molecule has 0 fully saturated rings. The molecule has 0 heterocycles. The molecule has 5 nitrogen and oxygen atoms in total. The van der Waals surface area contributed by atoms with Gasteiger partial charge >= 0.3 is 16.3 Å². The van der Waals surface area contributed by atoms with Crippen LogP contribution in [0.15, 0.2) is 91.0 Å². The Morgan fingerprint density at radius 2 is 1.42 bits per heavy atom. The van der Waals surface area contributed by atoms with Gasteiger partial charge in [0.1, 0.15) is 12.4 Å². The van der Waals surface area contributed by atoms with Gasteiger partial charge < -0.3 is 14.0 Å². The van der Waals surface area contributed by atoms with Crippen LogP contribution in [0.25, 0.3) is 22.3 Å². The van der Waals surface area contributed by atoms with E-state index in [9.17, 15) is 26.7 Å². The molecule has 0 bridgehead atoms. The summed E-state index contributed by atoms with van der Waals surface area (Å²) in [5.74, 6) is -0.150. The Kier molecular flexibility index (Phi) is 6.94. The van der Waals surface area contributed by atoms with Crippen molar-refractivity contribution in [3.63, 3.8) is 0 Å². The lowest BCUT2D eigenvalue weighted by Crippen LogP contribution is -2.09. The number of phenolic OH excluding ortho intramolecular Hbond substituents is 1. The maximum Gasteiger partial charge on any atom is 0.417 e. The van der Waals surface area contributed by atoms with Crippen molar-refractivity contribution in [1.82, 2.24) is 0 Å². The van der Waals surface area contributed by atoms with E-state index in [1.807, 2.05) is 30.3 Å². The summed E-state index contributed by atoms with van der Waals surface area (Å²) in [6, 6.07) is 22.8. The van der Waals surface area contributed by atoms with Crippen LogP contribution < -0.4 is 8.92 Å². The minimum atomic E-state index is -4.69. The van der Waals surface area contributed by atoms with Gasteiger partial charge in [-0.15, -0.1) is 0 Å². The first kappa shape index (κ1) is 25.1. The molecule has 186 valence electrons. The van der Waals surface area contributed by atoms with Crippen LogP contribution in [-0.2, 0) is 22.9 Å². The van der Waals surface area contributed by atoms with E-state index in [0.717, 1.165) is 17.9 Å². The summed E-state index contributed by atoms with van der Waals surface area (Å²) in [6.07, 6.45) is -3.85. The Balaban J connectivity index is 1.76. The van der Waals surface area contributed by atoms with Crippen molar-refractivity contribution in [3.05, 3.63) is 102 Å². The van der Waals surface area contributed by atoms with Gasteiger partial charge in [0.2, 0.25) is 0 Å². The van der Waals surface area contributed by atoms with E-state index >= 15 is 0 Å². The van der Waals surface area contributed by atoms with Gasteiger partial charge in [0.25, 0.3) is 0 Å². The predicted molar refractivity (Wildman–Crippen MR) is 130 cm³/mol. The number of rotatable bonds is 7. The molecule has 4 rings (SSSR count). The number of phenols is 1. The molecule has 0 aliphatic heterocycles. The highest BCUT2D eigenvalue weighted by Crippen LogP contribution is 2.42. The maximum atomic E-state index is 14.1. The fourth-order valence-corrected chi connectivity index (χ4v) is 4.08. The number of alkyl halides is 3. The smallest absolute Gasteiger partial charge is 0.417 e. The van der Waals surface area contributed by atoms with Gasteiger partial charge in [0, 0.05) is 0 Å². The maximum absolute atomic E-state index is 14.1. The highest BCUT2D eigenvalue weighted by molar-refractivity contribution is 7.86. The Labute approximate surface area is 206 Å². The molecule has 0 unspecified atom stereocenters. The zero-order chi connectivity index (χ0) is 25.9. The summed E-state index contributed by atoms with van der Waals surface area (Å²) in [5.41, 5.74) is 0.660. The number of benzene rings is 4. The zero-order valence-corrected chi connectivity index (χ0v) is 19.8. The number of ether oxygens (including phenoxy) is 1. The third-order valence-electron chi connectivity index (χ3n) is 5.26. The second-order valence-electron chi connectivity index (χ2n) is 8.03. The van der Waals surface area contributed by atoms with E-state index in [-0.39, 0.29) is 35.0 Å². The quantitative estimate of drug-likeness (QED) is 0.279. The van der Waals surface area contributed by atoms with E-state index in [4.69, 9.17) is 8.92 Å².